The van der Waals surface area contributed by atoms with Crippen LogP contribution in [-0.4, -0.2) is 12.1 Å². The molecule has 1 rings (SSSR count). The minimum atomic E-state index is -0.374. The van der Waals surface area contributed by atoms with E-state index in [0.29, 0.717) is 5.41 Å². The number of hydrogen-bond acceptors (Lipinski definition) is 2. The lowest BCUT2D eigenvalue weighted by molar-refractivity contribution is -0.160. The second-order valence-corrected chi connectivity index (χ2v) is 7.49. The normalized spacial score (nSPS) is 26.7. The number of ether oxygens (including phenoxy) is 1. The standard InChI is InChI=1S/C15H28O2/c1-14(2,3)11-7-9-12(10-8-11)17-13(16)15(4,5)6/h11-12H,7-10H2,1-6H3. The molecule has 1 fully saturated rings. The van der Waals surface area contributed by atoms with Crippen LogP contribution >= 0.6 is 0 Å². The molecule has 0 N–H and O–H groups in total. The first-order valence-electron chi connectivity index (χ1n) is 6.82. The quantitative estimate of drug-likeness (QED) is 0.643. The summed E-state index contributed by atoms with van der Waals surface area (Å²) in [6, 6.07) is 0. The highest BCUT2D eigenvalue weighted by Gasteiger charge is 2.33. The molecule has 17 heavy (non-hydrogen) atoms. The minimum Gasteiger partial charge on any atom is -0.462 e. The summed E-state index contributed by atoms with van der Waals surface area (Å²) in [5.41, 5.74) is 0.0138. The molecule has 0 bridgehead atoms. The third-order valence-corrected chi connectivity index (χ3v) is 3.79. The van der Waals surface area contributed by atoms with E-state index in [4.69, 9.17) is 4.74 Å². The van der Waals surface area contributed by atoms with Crippen molar-refractivity contribution in [3.8, 4) is 0 Å². The predicted octanol–water partition coefficient (Wildman–Crippen LogP) is 4.18. The molecule has 0 amide bonds. The zero-order valence-electron chi connectivity index (χ0n) is 12.3. The largest absolute Gasteiger partial charge is 0.462 e. The Labute approximate surface area is 106 Å². The average molecular weight is 240 g/mol. The van der Waals surface area contributed by atoms with Crippen LogP contribution in [0.2, 0.25) is 0 Å². The van der Waals surface area contributed by atoms with Gasteiger partial charge in [0.15, 0.2) is 0 Å². The van der Waals surface area contributed by atoms with E-state index >= 15 is 0 Å². The van der Waals surface area contributed by atoms with E-state index in [1.54, 1.807) is 0 Å². The zero-order valence-corrected chi connectivity index (χ0v) is 12.3. The highest BCUT2D eigenvalue weighted by Crippen LogP contribution is 2.38. The second kappa shape index (κ2) is 4.99. The number of hydrogen-bond donors (Lipinski definition) is 0. The Balaban J connectivity index is 2.41. The van der Waals surface area contributed by atoms with Gasteiger partial charge < -0.3 is 4.74 Å². The van der Waals surface area contributed by atoms with E-state index in [1.165, 1.54) is 12.8 Å². The Morgan fingerprint density at radius 1 is 0.941 bits per heavy atom. The Hall–Kier alpha value is -0.530. The van der Waals surface area contributed by atoms with Crippen LogP contribution in [0.5, 0.6) is 0 Å². The van der Waals surface area contributed by atoms with Gasteiger partial charge in [-0.3, -0.25) is 4.79 Å². The van der Waals surface area contributed by atoms with Gasteiger partial charge in [0.2, 0.25) is 0 Å². The smallest absolute Gasteiger partial charge is 0.311 e. The third kappa shape index (κ3) is 4.33. The first-order chi connectivity index (χ1) is 7.60. The van der Waals surface area contributed by atoms with Crippen molar-refractivity contribution in [2.45, 2.75) is 73.3 Å². The molecule has 0 aromatic carbocycles. The molecule has 1 aliphatic carbocycles. The molecular formula is C15H28O2. The molecule has 100 valence electrons. The molecule has 0 aliphatic heterocycles. The molecular weight excluding hydrogens is 212 g/mol. The van der Waals surface area contributed by atoms with Crippen LogP contribution in [-0.2, 0) is 9.53 Å². The summed E-state index contributed by atoms with van der Waals surface area (Å²) in [6.07, 6.45) is 4.59. The molecule has 1 saturated carbocycles. The maximum absolute atomic E-state index is 11.8. The van der Waals surface area contributed by atoms with E-state index in [-0.39, 0.29) is 17.5 Å². The first-order valence-corrected chi connectivity index (χ1v) is 6.82. The third-order valence-electron chi connectivity index (χ3n) is 3.79. The fraction of sp³-hybridized carbons (Fsp3) is 0.933. The lowest BCUT2D eigenvalue weighted by Crippen LogP contribution is -2.33. The molecule has 2 heteroatoms. The van der Waals surface area contributed by atoms with Gasteiger partial charge in [-0.15, -0.1) is 0 Å². The van der Waals surface area contributed by atoms with Gasteiger partial charge in [0.1, 0.15) is 6.10 Å². The topological polar surface area (TPSA) is 26.3 Å². The fourth-order valence-corrected chi connectivity index (χ4v) is 2.37. The first kappa shape index (κ1) is 14.5. The molecule has 0 spiro atoms. The van der Waals surface area contributed by atoms with Gasteiger partial charge in [0.05, 0.1) is 5.41 Å². The summed E-state index contributed by atoms with van der Waals surface area (Å²) in [7, 11) is 0. The van der Waals surface area contributed by atoms with Crippen LogP contribution in [0.3, 0.4) is 0 Å². The van der Waals surface area contributed by atoms with Gasteiger partial charge in [-0.1, -0.05) is 20.8 Å². The van der Waals surface area contributed by atoms with Gasteiger partial charge in [-0.25, -0.2) is 0 Å². The highest BCUT2D eigenvalue weighted by atomic mass is 16.5. The van der Waals surface area contributed by atoms with Crippen molar-refractivity contribution < 1.29 is 9.53 Å². The molecule has 0 unspecified atom stereocenters. The lowest BCUT2D eigenvalue weighted by Gasteiger charge is -2.37. The highest BCUT2D eigenvalue weighted by molar-refractivity contribution is 5.75. The van der Waals surface area contributed by atoms with Gasteiger partial charge >= 0.3 is 5.97 Å². The molecule has 0 radical (unpaired) electrons. The van der Waals surface area contributed by atoms with Crippen LogP contribution < -0.4 is 0 Å². The zero-order chi connectivity index (χ0) is 13.3. The van der Waals surface area contributed by atoms with Crippen molar-refractivity contribution in [3.63, 3.8) is 0 Å². The van der Waals surface area contributed by atoms with Gasteiger partial charge in [-0.2, -0.15) is 0 Å². The van der Waals surface area contributed by atoms with Gasteiger partial charge in [-0.05, 0) is 57.8 Å². The van der Waals surface area contributed by atoms with Crippen molar-refractivity contribution in [2.24, 2.45) is 16.7 Å². The number of carbonyl (C=O) groups is 1. The van der Waals surface area contributed by atoms with E-state index in [1.807, 2.05) is 20.8 Å². The fourth-order valence-electron chi connectivity index (χ4n) is 2.37. The van der Waals surface area contributed by atoms with E-state index in [0.717, 1.165) is 18.8 Å². The SMILES string of the molecule is CC(C)(C)C(=O)OC1CCC(C(C)(C)C)CC1. The van der Waals surface area contributed by atoms with Crippen molar-refractivity contribution in [1.82, 2.24) is 0 Å². The van der Waals surface area contributed by atoms with Crippen LogP contribution in [0, 0.1) is 16.7 Å². The maximum atomic E-state index is 11.8. The molecule has 0 saturated heterocycles. The summed E-state index contributed by atoms with van der Waals surface area (Å²) >= 11 is 0. The molecule has 2 nitrogen and oxygen atoms in total. The number of rotatable bonds is 1. The van der Waals surface area contributed by atoms with Crippen LogP contribution in [0.4, 0.5) is 0 Å². The van der Waals surface area contributed by atoms with Crippen LogP contribution in [0.15, 0.2) is 0 Å². The Morgan fingerprint density at radius 3 is 1.76 bits per heavy atom. The molecule has 0 heterocycles. The Morgan fingerprint density at radius 2 is 1.41 bits per heavy atom. The second-order valence-electron chi connectivity index (χ2n) is 7.49. The maximum Gasteiger partial charge on any atom is 0.311 e. The molecule has 1 aliphatic rings. The van der Waals surface area contributed by atoms with E-state index < -0.39 is 0 Å². The van der Waals surface area contributed by atoms with E-state index in [2.05, 4.69) is 20.8 Å². The Bertz CT molecular complexity index is 260. The van der Waals surface area contributed by atoms with Crippen LogP contribution in [0.1, 0.15) is 67.2 Å². The monoisotopic (exact) mass is 240 g/mol. The summed E-state index contributed by atoms with van der Waals surface area (Å²) < 4.78 is 5.58. The summed E-state index contributed by atoms with van der Waals surface area (Å²) in [4.78, 5) is 11.8. The van der Waals surface area contributed by atoms with Gasteiger partial charge in [0, 0.05) is 0 Å². The predicted molar refractivity (Wildman–Crippen MR) is 70.7 cm³/mol. The average Bonchev–Trinajstić information content (AvgIpc) is 2.15. The molecule has 0 aromatic heterocycles. The lowest BCUT2D eigenvalue weighted by atomic mass is 9.72. The van der Waals surface area contributed by atoms with Gasteiger partial charge in [0.25, 0.3) is 0 Å². The Kier molecular flexibility index (Phi) is 4.27. The minimum absolute atomic E-state index is 0.0586. The van der Waals surface area contributed by atoms with Crippen molar-refractivity contribution in [3.05, 3.63) is 0 Å². The number of carbonyl (C=O) groups excluding carboxylic acids is 1. The molecule has 0 aromatic rings. The summed E-state index contributed by atoms with van der Waals surface area (Å²) in [5, 5.41) is 0. The van der Waals surface area contributed by atoms with Crippen LogP contribution in [0.25, 0.3) is 0 Å². The number of esters is 1. The van der Waals surface area contributed by atoms with E-state index in [9.17, 15) is 4.79 Å². The van der Waals surface area contributed by atoms with Crippen molar-refractivity contribution in [1.29, 1.82) is 0 Å². The summed E-state index contributed by atoms with van der Waals surface area (Å²) in [6.45, 7) is 12.7. The summed E-state index contributed by atoms with van der Waals surface area (Å²) in [5.74, 6) is 0.712. The molecule has 0 atom stereocenters. The van der Waals surface area contributed by atoms with Crippen molar-refractivity contribution >= 4 is 5.97 Å². The van der Waals surface area contributed by atoms with Crippen molar-refractivity contribution in [2.75, 3.05) is 0 Å².